The first-order valence-corrected chi connectivity index (χ1v) is 8.94. The van der Waals surface area contributed by atoms with Gasteiger partial charge in [-0.15, -0.1) is 0 Å². The van der Waals surface area contributed by atoms with Crippen molar-refractivity contribution in [2.24, 2.45) is 0 Å². The van der Waals surface area contributed by atoms with E-state index in [1.807, 2.05) is 36.4 Å². The molecule has 0 saturated carbocycles. The maximum Gasteiger partial charge on any atom is 0.256 e. The molecule has 7 heteroatoms. The molecule has 0 radical (unpaired) electrons. The van der Waals surface area contributed by atoms with Crippen molar-refractivity contribution < 1.29 is 19.4 Å². The maximum atomic E-state index is 12.7. The number of fused-ring (bicyclic) bond motifs is 1. The molecule has 1 amide bonds. The van der Waals surface area contributed by atoms with Crippen LogP contribution in [-0.2, 0) is 0 Å². The van der Waals surface area contributed by atoms with Gasteiger partial charge in [-0.2, -0.15) is 0 Å². The van der Waals surface area contributed by atoms with Gasteiger partial charge >= 0.3 is 0 Å². The summed E-state index contributed by atoms with van der Waals surface area (Å²) in [5, 5.41) is 23.0. The summed E-state index contributed by atoms with van der Waals surface area (Å²) in [6.07, 6.45) is 1.73. The summed E-state index contributed by atoms with van der Waals surface area (Å²) in [7, 11) is 0. The van der Waals surface area contributed by atoms with Gasteiger partial charge in [0.25, 0.3) is 5.91 Å². The molecule has 0 aliphatic heterocycles. The molecule has 3 rings (SSSR count). The monoisotopic (exact) mass is 372 g/mol. The summed E-state index contributed by atoms with van der Waals surface area (Å²) < 4.78 is 5.70. The molecule has 0 atom stereocenters. The first-order chi connectivity index (χ1) is 12.5. The predicted molar refractivity (Wildman–Crippen MR) is 99.4 cm³/mol. The maximum absolute atomic E-state index is 12.7. The number of aliphatic hydroxyl groups is 2. The van der Waals surface area contributed by atoms with Crippen LogP contribution in [0.5, 0.6) is 0 Å². The van der Waals surface area contributed by atoms with E-state index in [-0.39, 0.29) is 13.2 Å². The van der Waals surface area contributed by atoms with Crippen molar-refractivity contribution in [3.05, 3.63) is 53.9 Å². The molecule has 2 aromatic heterocycles. The van der Waals surface area contributed by atoms with Crippen LogP contribution in [0.15, 0.2) is 56.9 Å². The quantitative estimate of drug-likeness (QED) is 0.616. The number of nitrogens with zero attached hydrogens (tertiary/aromatic N) is 1. The minimum Gasteiger partial charge on any atom is -0.461 e. The number of benzene rings is 1. The summed E-state index contributed by atoms with van der Waals surface area (Å²) in [6, 6.07) is 11.3. The van der Waals surface area contributed by atoms with Crippen molar-refractivity contribution in [2.45, 2.75) is 29.3 Å². The largest absolute Gasteiger partial charge is 0.461 e. The third-order valence-corrected chi connectivity index (χ3v) is 4.98. The molecule has 6 nitrogen and oxygen atoms in total. The number of hydrogen-bond donors (Lipinski definition) is 3. The third kappa shape index (κ3) is 3.75. The molecule has 26 heavy (non-hydrogen) atoms. The van der Waals surface area contributed by atoms with E-state index in [1.54, 1.807) is 20.0 Å². The first kappa shape index (κ1) is 18.4. The van der Waals surface area contributed by atoms with E-state index in [1.165, 1.54) is 11.8 Å². The fourth-order valence-electron chi connectivity index (χ4n) is 2.54. The molecular weight excluding hydrogens is 352 g/mol. The summed E-state index contributed by atoms with van der Waals surface area (Å²) in [4.78, 5) is 18.0. The van der Waals surface area contributed by atoms with Gasteiger partial charge in [0.05, 0.1) is 24.3 Å². The Morgan fingerprint density at radius 3 is 2.69 bits per heavy atom. The predicted octanol–water partition coefficient (Wildman–Crippen LogP) is 2.76. The SMILES string of the molecule is Cc1oc2ccc(Sc3ccccn3)cc2c1C(=O)NC(C)(CO)CO. The van der Waals surface area contributed by atoms with Crippen LogP contribution in [0, 0.1) is 6.92 Å². The second kappa shape index (κ2) is 7.49. The molecule has 0 spiro atoms. The van der Waals surface area contributed by atoms with Gasteiger partial charge in [0, 0.05) is 16.5 Å². The number of nitrogens with one attached hydrogen (secondary N) is 1. The number of carbonyl (C=O) groups is 1. The molecule has 1 aromatic carbocycles. The molecule has 0 aliphatic rings. The number of pyridine rings is 1. The Balaban J connectivity index is 1.96. The van der Waals surface area contributed by atoms with Gasteiger partial charge in [-0.25, -0.2) is 4.98 Å². The smallest absolute Gasteiger partial charge is 0.256 e. The first-order valence-electron chi connectivity index (χ1n) is 8.12. The zero-order valence-corrected chi connectivity index (χ0v) is 15.3. The summed E-state index contributed by atoms with van der Waals surface area (Å²) in [6.45, 7) is 2.55. The van der Waals surface area contributed by atoms with Gasteiger partial charge < -0.3 is 19.9 Å². The van der Waals surface area contributed by atoms with Gasteiger partial charge in [0.1, 0.15) is 16.4 Å². The molecule has 0 aliphatic carbocycles. The van der Waals surface area contributed by atoms with Crippen LogP contribution in [0.2, 0.25) is 0 Å². The van der Waals surface area contributed by atoms with Crippen LogP contribution in [0.25, 0.3) is 11.0 Å². The van der Waals surface area contributed by atoms with E-state index in [0.717, 1.165) is 9.92 Å². The van der Waals surface area contributed by atoms with E-state index in [2.05, 4.69) is 10.3 Å². The van der Waals surface area contributed by atoms with Gasteiger partial charge in [-0.1, -0.05) is 17.8 Å². The van der Waals surface area contributed by atoms with Gasteiger partial charge in [0.2, 0.25) is 0 Å². The molecule has 0 unspecified atom stereocenters. The highest BCUT2D eigenvalue weighted by molar-refractivity contribution is 7.99. The lowest BCUT2D eigenvalue weighted by atomic mass is 10.0. The average Bonchev–Trinajstić information content (AvgIpc) is 2.97. The lowest BCUT2D eigenvalue weighted by Gasteiger charge is -2.26. The number of carbonyl (C=O) groups excluding carboxylic acids is 1. The molecule has 2 heterocycles. The normalized spacial score (nSPS) is 11.7. The molecular formula is C19H20N2O4S. The number of rotatable bonds is 6. The number of aliphatic hydroxyl groups excluding tert-OH is 2. The number of amides is 1. The zero-order chi connectivity index (χ0) is 18.7. The lowest BCUT2D eigenvalue weighted by Crippen LogP contribution is -2.51. The standard InChI is InChI=1S/C19H20N2O4S/c1-12-17(18(24)21-19(2,10-22)11-23)14-9-13(6-7-15(14)25-12)26-16-5-3-4-8-20-16/h3-9,22-23H,10-11H2,1-2H3,(H,21,24). The van der Waals surface area contributed by atoms with Crippen molar-refractivity contribution >= 4 is 28.6 Å². The molecule has 0 saturated heterocycles. The Bertz CT molecular complexity index is 920. The van der Waals surface area contributed by atoms with Crippen molar-refractivity contribution in [1.82, 2.24) is 10.3 Å². The van der Waals surface area contributed by atoms with Crippen molar-refractivity contribution in [3.63, 3.8) is 0 Å². The van der Waals surface area contributed by atoms with Gasteiger partial charge in [-0.05, 0) is 44.2 Å². The molecule has 0 bridgehead atoms. The van der Waals surface area contributed by atoms with Crippen LogP contribution in [0.3, 0.4) is 0 Å². The lowest BCUT2D eigenvalue weighted by molar-refractivity contribution is 0.0723. The number of aromatic nitrogens is 1. The molecule has 136 valence electrons. The fourth-order valence-corrected chi connectivity index (χ4v) is 3.35. The highest BCUT2D eigenvalue weighted by Gasteiger charge is 2.28. The number of furan rings is 1. The van der Waals surface area contributed by atoms with E-state index in [9.17, 15) is 15.0 Å². The van der Waals surface area contributed by atoms with E-state index in [0.29, 0.717) is 22.3 Å². The highest BCUT2D eigenvalue weighted by atomic mass is 32.2. The minimum atomic E-state index is -1.10. The van der Waals surface area contributed by atoms with Crippen molar-refractivity contribution in [3.8, 4) is 0 Å². The summed E-state index contributed by atoms with van der Waals surface area (Å²) >= 11 is 1.49. The highest BCUT2D eigenvalue weighted by Crippen LogP contribution is 2.32. The van der Waals surface area contributed by atoms with Crippen molar-refractivity contribution in [1.29, 1.82) is 0 Å². The average molecular weight is 372 g/mol. The van der Waals surface area contributed by atoms with Crippen LogP contribution >= 0.6 is 11.8 Å². The topological polar surface area (TPSA) is 95.6 Å². The second-order valence-electron chi connectivity index (χ2n) is 6.29. The third-order valence-electron chi connectivity index (χ3n) is 4.04. The molecule has 0 fully saturated rings. The Morgan fingerprint density at radius 2 is 2.04 bits per heavy atom. The van der Waals surface area contributed by atoms with Crippen LogP contribution in [0.1, 0.15) is 23.0 Å². The summed E-state index contributed by atoms with van der Waals surface area (Å²) in [5.41, 5.74) is -0.0997. The second-order valence-corrected chi connectivity index (χ2v) is 7.39. The van der Waals surface area contributed by atoms with Gasteiger partial charge in [0.15, 0.2) is 0 Å². The van der Waals surface area contributed by atoms with Crippen LogP contribution in [-0.4, -0.2) is 39.9 Å². The molecule has 3 aromatic rings. The van der Waals surface area contributed by atoms with Crippen molar-refractivity contribution in [2.75, 3.05) is 13.2 Å². The van der Waals surface area contributed by atoms with Crippen LogP contribution in [0.4, 0.5) is 0 Å². The van der Waals surface area contributed by atoms with E-state index in [4.69, 9.17) is 4.42 Å². The Morgan fingerprint density at radius 1 is 1.27 bits per heavy atom. The minimum absolute atomic E-state index is 0.370. The van der Waals surface area contributed by atoms with E-state index < -0.39 is 11.4 Å². The van der Waals surface area contributed by atoms with Crippen LogP contribution < -0.4 is 5.32 Å². The number of hydrogen-bond acceptors (Lipinski definition) is 6. The molecule has 3 N–H and O–H groups in total. The Hall–Kier alpha value is -2.35. The Labute approximate surface area is 155 Å². The number of aryl methyl sites for hydroxylation is 1. The zero-order valence-electron chi connectivity index (χ0n) is 14.5. The summed E-state index contributed by atoms with van der Waals surface area (Å²) in [5.74, 6) is 0.0857. The fraction of sp³-hybridized carbons (Fsp3) is 0.263. The Kier molecular flexibility index (Phi) is 5.31. The van der Waals surface area contributed by atoms with E-state index >= 15 is 0 Å². The van der Waals surface area contributed by atoms with Gasteiger partial charge in [-0.3, -0.25) is 4.79 Å².